The molecule has 0 bridgehead atoms. The molecule has 4 heterocycles. The van der Waals surface area contributed by atoms with Crippen molar-refractivity contribution in [2.45, 2.75) is 26.4 Å². The number of tetrazole rings is 1. The van der Waals surface area contributed by atoms with Crippen LogP contribution in [0.2, 0.25) is 0 Å². The quantitative estimate of drug-likeness (QED) is 0.408. The van der Waals surface area contributed by atoms with Crippen LogP contribution >= 0.6 is 0 Å². The van der Waals surface area contributed by atoms with E-state index in [1.165, 1.54) is 0 Å². The second-order valence-corrected chi connectivity index (χ2v) is 8.66. The van der Waals surface area contributed by atoms with Gasteiger partial charge in [0.2, 0.25) is 11.4 Å². The zero-order chi connectivity index (χ0) is 25.4. The Morgan fingerprint density at radius 2 is 2.00 bits per heavy atom. The number of ether oxygens (including phenoxy) is 2. The molecule has 1 aromatic carbocycles. The molecule has 184 valence electrons. The van der Waals surface area contributed by atoms with Crippen LogP contribution in [-0.2, 0) is 25.3 Å². The number of carbonyl (C=O) groups excluding carboxylic acids is 1. The van der Waals surface area contributed by atoms with E-state index in [4.69, 9.17) is 9.47 Å². The van der Waals surface area contributed by atoms with Crippen LogP contribution in [0.25, 0.3) is 11.4 Å². The van der Waals surface area contributed by atoms with Gasteiger partial charge in [-0.25, -0.2) is 9.67 Å². The van der Waals surface area contributed by atoms with Crippen molar-refractivity contribution in [2.24, 2.45) is 14.1 Å². The molecule has 0 unspecified atom stereocenters. The Kier molecular flexibility index (Phi) is 5.92. The summed E-state index contributed by atoms with van der Waals surface area (Å²) in [6.45, 7) is 3.65. The lowest BCUT2D eigenvalue weighted by Gasteiger charge is -2.12. The van der Waals surface area contributed by atoms with Crippen LogP contribution < -0.4 is 10.1 Å². The first kappa shape index (κ1) is 23.1. The van der Waals surface area contributed by atoms with Gasteiger partial charge in [-0.1, -0.05) is 4.58 Å². The molecule has 0 aliphatic carbocycles. The Balaban J connectivity index is 1.51. The summed E-state index contributed by atoms with van der Waals surface area (Å²) in [5.74, 6) is 1.76. The number of aromatic nitrogens is 7. The van der Waals surface area contributed by atoms with E-state index >= 15 is 0 Å². The zero-order valence-electron chi connectivity index (χ0n) is 20.6. The fourth-order valence-electron chi connectivity index (χ4n) is 4.10. The van der Waals surface area contributed by atoms with E-state index in [1.807, 2.05) is 51.4 Å². The molecule has 0 fully saturated rings. The van der Waals surface area contributed by atoms with E-state index in [0.717, 1.165) is 22.4 Å². The van der Waals surface area contributed by atoms with Crippen molar-refractivity contribution in [1.82, 2.24) is 35.0 Å². The number of pyridine rings is 1. The minimum Gasteiger partial charge on any atom is -0.495 e. The van der Waals surface area contributed by atoms with E-state index in [2.05, 4.69) is 30.9 Å². The molecule has 36 heavy (non-hydrogen) atoms. The first-order valence-corrected chi connectivity index (χ1v) is 11.4. The van der Waals surface area contributed by atoms with Crippen LogP contribution in [0.3, 0.4) is 0 Å². The molecule has 12 heteroatoms. The Hall–Kier alpha value is -4.61. The van der Waals surface area contributed by atoms with Gasteiger partial charge in [-0.3, -0.25) is 4.68 Å². The summed E-state index contributed by atoms with van der Waals surface area (Å²) in [5.41, 5.74) is 4.77. The number of anilines is 2. The average molecular weight is 489 g/mol. The van der Waals surface area contributed by atoms with Crippen molar-refractivity contribution >= 4 is 29.0 Å². The smallest absolute Gasteiger partial charge is 0.495 e. The van der Waals surface area contributed by atoms with Crippen molar-refractivity contribution in [3.8, 4) is 17.1 Å². The van der Waals surface area contributed by atoms with Gasteiger partial charge < -0.3 is 14.8 Å². The van der Waals surface area contributed by atoms with Gasteiger partial charge in [-0.05, 0) is 42.5 Å². The number of hydrogen-bond acceptors (Lipinski definition) is 9. The van der Waals surface area contributed by atoms with Crippen molar-refractivity contribution in [2.75, 3.05) is 12.4 Å². The highest BCUT2D eigenvalue weighted by atomic mass is 16.6. The summed E-state index contributed by atoms with van der Waals surface area (Å²) in [7, 11) is 5.20. The SMILES string of the molecule is COc1cc(-c2nnnn2C)ccc1Nc1cc2c(cn1)CC(c1cnn(C)c1)=[N+]2C(=O)OC(C)C. The zero-order valence-corrected chi connectivity index (χ0v) is 20.6. The second-order valence-electron chi connectivity index (χ2n) is 8.66. The molecule has 12 nitrogen and oxygen atoms in total. The number of amides is 1. The molecule has 0 saturated carbocycles. The Labute approximate surface area is 207 Å². The van der Waals surface area contributed by atoms with Crippen LogP contribution in [0, 0.1) is 0 Å². The topological polar surface area (TPSA) is 125 Å². The summed E-state index contributed by atoms with van der Waals surface area (Å²) >= 11 is 0. The van der Waals surface area contributed by atoms with Crippen LogP contribution in [0.15, 0.2) is 42.9 Å². The number of nitrogens with zero attached hydrogens (tertiary/aromatic N) is 8. The monoisotopic (exact) mass is 488 g/mol. The molecule has 3 aromatic heterocycles. The minimum absolute atomic E-state index is 0.261. The number of carbonyl (C=O) groups is 1. The predicted molar refractivity (Wildman–Crippen MR) is 131 cm³/mol. The van der Waals surface area contributed by atoms with Gasteiger partial charge in [-0.15, -0.1) is 5.10 Å². The molecule has 1 N–H and O–H groups in total. The van der Waals surface area contributed by atoms with Crippen molar-refractivity contribution < 1.29 is 18.8 Å². The van der Waals surface area contributed by atoms with Crippen molar-refractivity contribution in [3.05, 3.63) is 54.0 Å². The van der Waals surface area contributed by atoms with Gasteiger partial charge in [0, 0.05) is 32.1 Å². The summed E-state index contributed by atoms with van der Waals surface area (Å²) < 4.78 is 16.1. The molecule has 5 rings (SSSR count). The highest BCUT2D eigenvalue weighted by molar-refractivity contribution is 6.03. The lowest BCUT2D eigenvalue weighted by molar-refractivity contribution is -0.356. The summed E-state index contributed by atoms with van der Waals surface area (Å²) in [6, 6.07) is 7.45. The van der Waals surface area contributed by atoms with Crippen LogP contribution in [0.4, 0.5) is 22.0 Å². The van der Waals surface area contributed by atoms with Crippen molar-refractivity contribution in [1.29, 1.82) is 0 Å². The maximum Gasteiger partial charge on any atom is 0.603 e. The number of benzene rings is 1. The molecule has 1 aliphatic heterocycles. The second kappa shape index (κ2) is 9.21. The normalized spacial score (nSPS) is 12.7. The highest BCUT2D eigenvalue weighted by Crippen LogP contribution is 2.35. The van der Waals surface area contributed by atoms with E-state index in [9.17, 15) is 4.79 Å². The van der Waals surface area contributed by atoms with Gasteiger partial charge in [0.1, 0.15) is 17.7 Å². The van der Waals surface area contributed by atoms with Gasteiger partial charge in [0.15, 0.2) is 5.82 Å². The lowest BCUT2D eigenvalue weighted by Crippen LogP contribution is -2.25. The Morgan fingerprint density at radius 3 is 2.67 bits per heavy atom. The van der Waals surface area contributed by atoms with E-state index < -0.39 is 6.09 Å². The molecule has 4 aromatic rings. The average Bonchev–Trinajstić information content (AvgIpc) is 3.56. The first-order valence-electron chi connectivity index (χ1n) is 11.4. The Bertz CT molecular complexity index is 1490. The molecule has 0 saturated heterocycles. The largest absolute Gasteiger partial charge is 0.603 e. The van der Waals surface area contributed by atoms with Gasteiger partial charge in [-0.2, -0.15) is 9.89 Å². The maximum atomic E-state index is 13.1. The van der Waals surface area contributed by atoms with Gasteiger partial charge in [0.25, 0.3) is 0 Å². The third-order valence-electron chi connectivity index (χ3n) is 5.73. The van der Waals surface area contributed by atoms with Crippen LogP contribution in [-0.4, -0.2) is 64.6 Å². The summed E-state index contributed by atoms with van der Waals surface area (Å²) in [5, 5.41) is 19.2. The van der Waals surface area contributed by atoms with Gasteiger partial charge >= 0.3 is 6.09 Å². The van der Waals surface area contributed by atoms with Crippen LogP contribution in [0.1, 0.15) is 25.0 Å². The highest BCUT2D eigenvalue weighted by Gasteiger charge is 2.39. The molecular weight excluding hydrogens is 462 g/mol. The maximum absolute atomic E-state index is 13.1. The fourth-order valence-corrected chi connectivity index (χ4v) is 4.10. The molecule has 1 amide bonds. The summed E-state index contributed by atoms with van der Waals surface area (Å²) in [6.07, 6.45) is 5.21. The molecule has 1 aliphatic rings. The van der Waals surface area contributed by atoms with E-state index in [0.29, 0.717) is 35.2 Å². The third kappa shape index (κ3) is 4.28. The predicted octanol–water partition coefficient (Wildman–Crippen LogP) is 2.99. The molecular formula is C24H26N9O3+. The number of nitrogens with one attached hydrogen (secondary N) is 1. The number of fused-ring (bicyclic) bond motifs is 1. The number of methoxy groups -OCH3 is 1. The third-order valence-corrected chi connectivity index (χ3v) is 5.73. The standard InChI is InChI=1S/C24H26N9O3/c1-14(2)36-24(34)33-19(17-12-26-31(3)13-17)8-16-11-25-22(10-20(16)33)27-18-7-6-15(9-21(18)35-5)23-28-29-30-32(23)4/h6-7,9-14H,8H2,1-5H3,(H,25,27)/q+1. The lowest BCUT2D eigenvalue weighted by atomic mass is 10.1. The fraction of sp³-hybridized carbons (Fsp3) is 0.292. The number of hydrogen-bond donors (Lipinski definition) is 1. The Morgan fingerprint density at radius 1 is 1.17 bits per heavy atom. The van der Waals surface area contributed by atoms with E-state index in [-0.39, 0.29) is 6.10 Å². The molecule has 0 radical (unpaired) electrons. The minimum atomic E-state index is -0.445. The molecule has 0 atom stereocenters. The molecule has 0 spiro atoms. The van der Waals surface area contributed by atoms with E-state index in [1.54, 1.807) is 40.5 Å². The summed E-state index contributed by atoms with van der Waals surface area (Å²) in [4.78, 5) is 17.7. The first-order chi connectivity index (χ1) is 17.3. The van der Waals surface area contributed by atoms with Crippen molar-refractivity contribution in [3.63, 3.8) is 0 Å². The van der Waals surface area contributed by atoms with Crippen LogP contribution in [0.5, 0.6) is 5.75 Å². The van der Waals surface area contributed by atoms with Gasteiger partial charge in [0.05, 0.1) is 42.6 Å². The number of aryl methyl sites for hydroxylation is 2. The number of rotatable bonds is 6.